The molecule has 31 heavy (non-hydrogen) atoms. The van der Waals surface area contributed by atoms with Gasteiger partial charge < -0.3 is 45.2 Å². The minimum absolute atomic E-state index is 0.00539. The van der Waals surface area contributed by atoms with Crippen molar-refractivity contribution in [2.24, 2.45) is 0 Å². The molecule has 1 fully saturated rings. The van der Waals surface area contributed by atoms with Crippen molar-refractivity contribution in [2.45, 2.75) is 30.7 Å². The fourth-order valence-corrected chi connectivity index (χ4v) is 3.00. The van der Waals surface area contributed by atoms with E-state index >= 15 is 0 Å². The number of aliphatic hydroxyl groups excluding tert-OH is 4. The molecule has 0 saturated carbocycles. The number of carbonyl (C=O) groups excluding carboxylic acids is 1. The number of hydrogen-bond acceptors (Lipinski definition) is 10. The average molecular weight is 434 g/mol. The second-order valence-corrected chi connectivity index (χ2v) is 6.94. The minimum atomic E-state index is -1.62. The van der Waals surface area contributed by atoms with E-state index in [1.165, 1.54) is 42.5 Å². The molecular formula is C21H22O10. The molecule has 1 aliphatic rings. The number of phenolic OH excluding ortho intramolecular Hbond substituents is 3. The standard InChI is InChI=1S/C21H22O10/c22-9-17-18(27)19(28)20(29)21(31-17)30-11-3-4-12(15(25)8-11)13(23)5-1-10-2-6-14(24)16(26)7-10/h1-8,17-22,24-29H,9H2/b5-1+/t17-,18-,19+,20-,21+/m1/s1. The molecule has 2 aromatic rings. The number of ketones is 1. The highest BCUT2D eigenvalue weighted by atomic mass is 16.7. The van der Waals surface area contributed by atoms with Crippen LogP contribution in [0.15, 0.2) is 42.5 Å². The lowest BCUT2D eigenvalue weighted by Gasteiger charge is -2.39. The van der Waals surface area contributed by atoms with Gasteiger partial charge in [0.2, 0.25) is 6.29 Å². The summed E-state index contributed by atoms with van der Waals surface area (Å²) >= 11 is 0. The van der Waals surface area contributed by atoms with Crippen LogP contribution in [0.25, 0.3) is 6.08 Å². The quantitative estimate of drug-likeness (QED) is 0.184. The summed E-state index contributed by atoms with van der Waals surface area (Å²) in [6.45, 7) is -0.616. The van der Waals surface area contributed by atoms with Gasteiger partial charge in [-0.15, -0.1) is 0 Å². The Bertz CT molecular complexity index is 971. The SMILES string of the molecule is O=C(/C=C/c1ccc(O)c(O)c1)c1ccc(O[C@H]2O[C@H](CO)[C@@H](O)[C@H](O)[C@H]2O)cc1O. The molecule has 2 aromatic carbocycles. The summed E-state index contributed by atoms with van der Waals surface area (Å²) in [6.07, 6.45) is -4.80. The molecule has 166 valence electrons. The summed E-state index contributed by atoms with van der Waals surface area (Å²) in [5, 5.41) is 67.8. The third-order valence-corrected chi connectivity index (χ3v) is 4.76. The Hall–Kier alpha value is -3.15. The molecule has 0 amide bonds. The minimum Gasteiger partial charge on any atom is -0.507 e. The van der Waals surface area contributed by atoms with Crippen molar-refractivity contribution >= 4 is 11.9 Å². The summed E-state index contributed by atoms with van der Waals surface area (Å²) in [7, 11) is 0. The molecular weight excluding hydrogens is 412 g/mol. The van der Waals surface area contributed by atoms with Crippen LogP contribution in [0.3, 0.4) is 0 Å². The summed E-state index contributed by atoms with van der Waals surface area (Å²) in [4.78, 5) is 12.4. The number of ether oxygens (including phenoxy) is 2. The Balaban J connectivity index is 1.71. The first-order valence-electron chi connectivity index (χ1n) is 9.26. The average Bonchev–Trinajstić information content (AvgIpc) is 2.74. The maximum atomic E-state index is 12.4. The van der Waals surface area contributed by atoms with Crippen molar-refractivity contribution in [3.8, 4) is 23.0 Å². The lowest BCUT2D eigenvalue weighted by atomic mass is 9.99. The summed E-state index contributed by atoms with van der Waals surface area (Å²) < 4.78 is 10.6. The van der Waals surface area contributed by atoms with Crippen LogP contribution in [0.1, 0.15) is 15.9 Å². The first-order chi connectivity index (χ1) is 14.7. The Labute approximate surface area is 176 Å². The number of allylic oxidation sites excluding steroid dienone is 1. The highest BCUT2D eigenvalue weighted by Gasteiger charge is 2.44. The van der Waals surface area contributed by atoms with E-state index in [-0.39, 0.29) is 22.8 Å². The van der Waals surface area contributed by atoms with Crippen molar-refractivity contribution in [1.29, 1.82) is 0 Å². The van der Waals surface area contributed by atoms with Gasteiger partial charge in [0.15, 0.2) is 17.3 Å². The molecule has 3 rings (SSSR count). The Morgan fingerprint density at radius 3 is 2.32 bits per heavy atom. The molecule has 0 unspecified atom stereocenters. The normalized spacial score (nSPS) is 26.1. The van der Waals surface area contributed by atoms with Gasteiger partial charge in [-0.05, 0) is 35.9 Å². The largest absolute Gasteiger partial charge is 0.507 e. The fourth-order valence-electron chi connectivity index (χ4n) is 3.00. The smallest absolute Gasteiger partial charge is 0.229 e. The predicted octanol–water partition coefficient (Wildman–Crippen LogP) is -0.122. The molecule has 0 radical (unpaired) electrons. The number of phenols is 3. The zero-order chi connectivity index (χ0) is 22.7. The molecule has 10 heteroatoms. The van der Waals surface area contributed by atoms with Crippen LogP contribution in [0.4, 0.5) is 0 Å². The number of carbonyl (C=O) groups is 1. The van der Waals surface area contributed by atoms with Crippen LogP contribution in [-0.2, 0) is 4.74 Å². The maximum Gasteiger partial charge on any atom is 0.229 e. The maximum absolute atomic E-state index is 12.4. The summed E-state index contributed by atoms with van der Waals surface area (Å²) in [5.74, 6) is -1.61. The van der Waals surface area contributed by atoms with Crippen LogP contribution in [0.5, 0.6) is 23.0 Å². The molecule has 0 spiro atoms. The zero-order valence-electron chi connectivity index (χ0n) is 16.1. The van der Waals surface area contributed by atoms with Crippen LogP contribution >= 0.6 is 0 Å². The van der Waals surface area contributed by atoms with Crippen molar-refractivity contribution < 1.29 is 50.0 Å². The van der Waals surface area contributed by atoms with E-state index < -0.39 is 48.8 Å². The molecule has 0 bridgehead atoms. The van der Waals surface area contributed by atoms with E-state index in [9.17, 15) is 40.5 Å². The van der Waals surface area contributed by atoms with E-state index in [0.29, 0.717) is 5.56 Å². The molecule has 0 aliphatic carbocycles. The number of aliphatic hydroxyl groups is 4. The fraction of sp³-hybridized carbons (Fsp3) is 0.286. The van der Waals surface area contributed by atoms with Gasteiger partial charge in [-0.2, -0.15) is 0 Å². The van der Waals surface area contributed by atoms with Gasteiger partial charge in [-0.25, -0.2) is 0 Å². The third kappa shape index (κ3) is 4.95. The van der Waals surface area contributed by atoms with E-state index in [4.69, 9.17) is 9.47 Å². The topological polar surface area (TPSA) is 177 Å². The molecule has 1 heterocycles. The van der Waals surface area contributed by atoms with Gasteiger partial charge in [-0.3, -0.25) is 4.79 Å². The number of hydrogen-bond donors (Lipinski definition) is 7. The van der Waals surface area contributed by atoms with Crippen molar-refractivity contribution in [3.05, 3.63) is 53.6 Å². The molecule has 1 aliphatic heterocycles. The van der Waals surface area contributed by atoms with Gasteiger partial charge in [0.25, 0.3) is 0 Å². The predicted molar refractivity (Wildman–Crippen MR) is 106 cm³/mol. The van der Waals surface area contributed by atoms with Crippen molar-refractivity contribution in [2.75, 3.05) is 6.61 Å². The number of rotatable bonds is 6. The molecule has 5 atom stereocenters. The van der Waals surface area contributed by atoms with E-state index in [1.807, 2.05) is 0 Å². The lowest BCUT2D eigenvalue weighted by Crippen LogP contribution is -2.60. The van der Waals surface area contributed by atoms with Gasteiger partial charge in [-0.1, -0.05) is 12.1 Å². The van der Waals surface area contributed by atoms with Crippen molar-refractivity contribution in [3.63, 3.8) is 0 Å². The van der Waals surface area contributed by atoms with Crippen LogP contribution < -0.4 is 4.74 Å². The first kappa shape index (κ1) is 22.5. The second-order valence-electron chi connectivity index (χ2n) is 6.94. The molecule has 1 saturated heterocycles. The lowest BCUT2D eigenvalue weighted by molar-refractivity contribution is -0.277. The highest BCUT2D eigenvalue weighted by Crippen LogP contribution is 2.29. The second kappa shape index (κ2) is 9.33. The number of benzene rings is 2. The van der Waals surface area contributed by atoms with E-state index in [2.05, 4.69) is 0 Å². The van der Waals surface area contributed by atoms with Crippen LogP contribution in [-0.4, -0.2) is 78.8 Å². The highest BCUT2D eigenvalue weighted by molar-refractivity contribution is 6.08. The van der Waals surface area contributed by atoms with Gasteiger partial charge >= 0.3 is 0 Å². The Kier molecular flexibility index (Phi) is 6.78. The number of aromatic hydroxyl groups is 3. The monoisotopic (exact) mass is 434 g/mol. The van der Waals surface area contributed by atoms with Crippen molar-refractivity contribution in [1.82, 2.24) is 0 Å². The Morgan fingerprint density at radius 1 is 0.935 bits per heavy atom. The zero-order valence-corrected chi connectivity index (χ0v) is 16.1. The van der Waals surface area contributed by atoms with Crippen LogP contribution in [0, 0.1) is 0 Å². The molecule has 10 nitrogen and oxygen atoms in total. The summed E-state index contributed by atoms with van der Waals surface area (Å²) in [5.41, 5.74) is 0.395. The van der Waals surface area contributed by atoms with Crippen LogP contribution in [0.2, 0.25) is 0 Å². The first-order valence-corrected chi connectivity index (χ1v) is 9.26. The van der Waals surface area contributed by atoms with E-state index in [0.717, 1.165) is 6.07 Å². The molecule has 7 N–H and O–H groups in total. The molecule has 0 aromatic heterocycles. The van der Waals surface area contributed by atoms with Gasteiger partial charge in [0.05, 0.1) is 12.2 Å². The van der Waals surface area contributed by atoms with Gasteiger partial charge in [0.1, 0.15) is 35.9 Å². The third-order valence-electron chi connectivity index (χ3n) is 4.76. The summed E-state index contributed by atoms with van der Waals surface area (Å²) in [6, 6.07) is 7.72. The Morgan fingerprint density at radius 2 is 1.68 bits per heavy atom. The van der Waals surface area contributed by atoms with E-state index in [1.54, 1.807) is 0 Å². The van der Waals surface area contributed by atoms with Gasteiger partial charge in [0, 0.05) is 6.07 Å².